The predicted molar refractivity (Wildman–Crippen MR) is 82.2 cm³/mol. The van der Waals surface area contributed by atoms with Crippen LogP contribution in [0.2, 0.25) is 0 Å². The molecule has 1 unspecified atom stereocenters. The fourth-order valence-electron chi connectivity index (χ4n) is 2.91. The van der Waals surface area contributed by atoms with Gasteiger partial charge in [0.1, 0.15) is 5.82 Å². The van der Waals surface area contributed by atoms with Gasteiger partial charge in [0.15, 0.2) is 6.29 Å². The smallest absolute Gasteiger partial charge is 0.319 e. The molecule has 7 nitrogen and oxygen atoms in total. The van der Waals surface area contributed by atoms with E-state index in [-0.39, 0.29) is 24.8 Å². The van der Waals surface area contributed by atoms with E-state index in [1.165, 1.54) is 26.4 Å². The molecule has 0 aromatic heterocycles. The summed E-state index contributed by atoms with van der Waals surface area (Å²) in [4.78, 5) is 26.2. The minimum Gasteiger partial charge on any atom is -0.354 e. The zero-order valence-corrected chi connectivity index (χ0v) is 13.3. The number of methoxy groups -OCH3 is 2. The van der Waals surface area contributed by atoms with E-state index >= 15 is 0 Å². The number of carbonyl (C=O) groups excluding carboxylic acids is 2. The van der Waals surface area contributed by atoms with Crippen LogP contribution in [-0.2, 0) is 14.3 Å². The van der Waals surface area contributed by atoms with Gasteiger partial charge < -0.3 is 25.0 Å². The van der Waals surface area contributed by atoms with E-state index in [0.717, 1.165) is 0 Å². The summed E-state index contributed by atoms with van der Waals surface area (Å²) >= 11 is 0. The number of carbonyl (C=O) groups is 2. The van der Waals surface area contributed by atoms with Gasteiger partial charge in [0.05, 0.1) is 30.4 Å². The Morgan fingerprint density at radius 3 is 2.54 bits per heavy atom. The van der Waals surface area contributed by atoms with E-state index in [1.54, 1.807) is 17.0 Å². The van der Waals surface area contributed by atoms with Crippen LogP contribution in [0.3, 0.4) is 0 Å². The number of benzene rings is 1. The lowest BCUT2D eigenvalue weighted by Gasteiger charge is -2.25. The summed E-state index contributed by atoms with van der Waals surface area (Å²) in [7, 11) is 2.99. The van der Waals surface area contributed by atoms with Crippen molar-refractivity contribution in [1.82, 2.24) is 15.5 Å². The monoisotopic (exact) mass is 335 g/mol. The lowest BCUT2D eigenvalue weighted by molar-refractivity contribution is -0.140. The molecule has 1 aromatic carbocycles. The molecule has 0 radical (unpaired) electrons. The second-order valence-electron chi connectivity index (χ2n) is 5.56. The average Bonchev–Trinajstić information content (AvgIpc) is 2.88. The van der Waals surface area contributed by atoms with Crippen LogP contribution in [0.4, 0.5) is 9.18 Å². The summed E-state index contributed by atoms with van der Waals surface area (Å²) < 4.78 is 23.4. The number of amides is 3. The average molecular weight is 335 g/mol. The zero-order chi connectivity index (χ0) is 17.3. The van der Waals surface area contributed by atoms with E-state index < -0.39 is 18.4 Å². The number of hydrogen-bond donors (Lipinski definition) is 2. The molecule has 2 heterocycles. The zero-order valence-electron chi connectivity index (χ0n) is 13.3. The molecular weight excluding hydrogens is 317 g/mol. The predicted octanol–water partition coefficient (Wildman–Crippen LogP) is 0.895. The molecule has 24 heavy (non-hydrogen) atoms. The molecule has 0 bridgehead atoms. The molecule has 2 N–H and O–H groups in total. The quantitative estimate of drug-likeness (QED) is 0.784. The van der Waals surface area contributed by atoms with Crippen LogP contribution >= 0.6 is 0 Å². The van der Waals surface area contributed by atoms with Crippen molar-refractivity contribution < 1.29 is 23.5 Å². The van der Waals surface area contributed by atoms with Gasteiger partial charge in [-0.1, -0.05) is 12.1 Å². The van der Waals surface area contributed by atoms with E-state index in [1.807, 2.05) is 0 Å². The molecule has 2 aliphatic rings. The summed E-state index contributed by atoms with van der Waals surface area (Å²) in [5.74, 6) is -0.596. The van der Waals surface area contributed by atoms with Crippen molar-refractivity contribution in [2.24, 2.45) is 0 Å². The van der Waals surface area contributed by atoms with Gasteiger partial charge in [0.2, 0.25) is 0 Å². The van der Waals surface area contributed by atoms with E-state index in [4.69, 9.17) is 9.47 Å². The second kappa shape index (κ2) is 6.58. The Morgan fingerprint density at radius 2 is 1.92 bits per heavy atom. The number of ether oxygens (including phenoxy) is 2. The molecule has 0 spiro atoms. The Balaban J connectivity index is 1.87. The molecule has 3 rings (SSSR count). The first-order chi connectivity index (χ1) is 11.5. The molecule has 0 fully saturated rings. The van der Waals surface area contributed by atoms with Crippen LogP contribution in [0.5, 0.6) is 0 Å². The van der Waals surface area contributed by atoms with Gasteiger partial charge >= 0.3 is 6.03 Å². The molecule has 0 saturated carbocycles. The number of rotatable bonds is 5. The first-order valence-corrected chi connectivity index (χ1v) is 7.44. The minimum absolute atomic E-state index is 0.217. The molecule has 3 amide bonds. The summed E-state index contributed by atoms with van der Waals surface area (Å²) in [5, 5.41) is 5.39. The molecule has 8 heteroatoms. The highest BCUT2D eigenvalue weighted by atomic mass is 19.1. The van der Waals surface area contributed by atoms with Gasteiger partial charge in [-0.25, -0.2) is 9.18 Å². The standard InChI is InChI=1S/C16H18FN3O4/c1-23-12(24-2)8-20-7-11-13(15(20)21)14(19-16(22)18-11)9-3-5-10(17)6-4-9/h3-6,12,14H,7-8H2,1-2H3,(H2,18,19,22). The molecule has 0 saturated heterocycles. The van der Waals surface area contributed by atoms with E-state index in [9.17, 15) is 14.0 Å². The third kappa shape index (κ3) is 2.98. The van der Waals surface area contributed by atoms with Crippen LogP contribution in [0.25, 0.3) is 0 Å². The van der Waals surface area contributed by atoms with Crippen molar-refractivity contribution >= 4 is 11.9 Å². The normalized spacial score (nSPS) is 20.3. The van der Waals surface area contributed by atoms with Crippen molar-refractivity contribution in [3.05, 3.63) is 46.9 Å². The van der Waals surface area contributed by atoms with Crippen molar-refractivity contribution in [3.8, 4) is 0 Å². The maximum Gasteiger partial charge on any atom is 0.319 e. The molecule has 128 valence electrons. The summed E-state index contributed by atoms with van der Waals surface area (Å²) in [5.41, 5.74) is 1.64. The van der Waals surface area contributed by atoms with Crippen molar-refractivity contribution in [2.75, 3.05) is 27.3 Å². The highest BCUT2D eigenvalue weighted by molar-refractivity contribution is 6.01. The van der Waals surface area contributed by atoms with Crippen LogP contribution in [-0.4, -0.2) is 50.4 Å². The number of nitrogens with one attached hydrogen (secondary N) is 2. The maximum atomic E-state index is 13.1. The summed E-state index contributed by atoms with van der Waals surface area (Å²) in [6.45, 7) is 0.507. The third-order valence-electron chi connectivity index (χ3n) is 4.12. The Morgan fingerprint density at radius 1 is 1.25 bits per heavy atom. The molecule has 0 aliphatic carbocycles. The van der Waals surface area contributed by atoms with Crippen molar-refractivity contribution in [1.29, 1.82) is 0 Å². The van der Waals surface area contributed by atoms with Gasteiger partial charge in [-0.2, -0.15) is 0 Å². The van der Waals surface area contributed by atoms with Crippen LogP contribution in [0, 0.1) is 5.82 Å². The van der Waals surface area contributed by atoms with Crippen LogP contribution in [0.15, 0.2) is 35.5 Å². The fraction of sp³-hybridized carbons (Fsp3) is 0.375. The highest BCUT2D eigenvalue weighted by Crippen LogP contribution is 2.32. The van der Waals surface area contributed by atoms with Gasteiger partial charge in [-0.3, -0.25) is 4.79 Å². The fourth-order valence-corrected chi connectivity index (χ4v) is 2.91. The van der Waals surface area contributed by atoms with Gasteiger partial charge in [-0.15, -0.1) is 0 Å². The van der Waals surface area contributed by atoms with Crippen molar-refractivity contribution in [3.63, 3.8) is 0 Å². The Bertz CT molecular complexity index is 685. The van der Waals surface area contributed by atoms with Crippen LogP contribution < -0.4 is 10.6 Å². The lowest BCUT2D eigenvalue weighted by atomic mass is 9.96. The van der Waals surface area contributed by atoms with Crippen LogP contribution in [0.1, 0.15) is 11.6 Å². The minimum atomic E-state index is -0.615. The van der Waals surface area contributed by atoms with E-state index in [2.05, 4.69) is 10.6 Å². The van der Waals surface area contributed by atoms with Crippen molar-refractivity contribution in [2.45, 2.75) is 12.3 Å². The number of halogens is 1. The summed E-state index contributed by atoms with van der Waals surface area (Å²) in [6.07, 6.45) is -0.553. The summed E-state index contributed by atoms with van der Waals surface area (Å²) in [6, 6.07) is 4.70. The second-order valence-corrected chi connectivity index (χ2v) is 5.56. The number of hydrogen-bond acceptors (Lipinski definition) is 4. The third-order valence-corrected chi connectivity index (χ3v) is 4.12. The molecular formula is C16H18FN3O4. The Labute approximate surface area is 138 Å². The molecule has 1 atom stereocenters. The Hall–Kier alpha value is -2.45. The SMILES string of the molecule is COC(CN1CC2=C(C1=O)C(c1ccc(F)cc1)NC(=O)N2)OC. The Kier molecular flexibility index (Phi) is 4.50. The number of urea groups is 1. The topological polar surface area (TPSA) is 79.9 Å². The first-order valence-electron chi connectivity index (χ1n) is 7.44. The lowest BCUT2D eigenvalue weighted by Crippen LogP contribution is -2.44. The maximum absolute atomic E-state index is 13.1. The van der Waals surface area contributed by atoms with Gasteiger partial charge in [-0.05, 0) is 17.7 Å². The first kappa shape index (κ1) is 16.4. The van der Waals surface area contributed by atoms with Gasteiger partial charge in [0, 0.05) is 14.2 Å². The largest absolute Gasteiger partial charge is 0.354 e. The molecule has 1 aromatic rings. The molecule has 2 aliphatic heterocycles. The van der Waals surface area contributed by atoms with E-state index in [0.29, 0.717) is 16.8 Å². The highest BCUT2D eigenvalue weighted by Gasteiger charge is 2.40. The number of nitrogens with zero attached hydrogens (tertiary/aromatic N) is 1. The van der Waals surface area contributed by atoms with Gasteiger partial charge in [0.25, 0.3) is 5.91 Å².